The number of ether oxygens (including phenoxy) is 1. The number of imide groups is 1. The SMILES string of the molecule is CCc1cccc2cc(O)cc(-c3ncc4c(N5CC6CCC(C5)N6)nc(OCCN5CCC(c6ccc7c(c6)C(=O)N(C6CCC(=O)NC6=O)C7)CC5)nc4c3F)c12. The van der Waals surface area contributed by atoms with E-state index in [4.69, 9.17) is 9.72 Å². The molecule has 0 saturated carbocycles. The van der Waals surface area contributed by atoms with Crippen LogP contribution in [0.4, 0.5) is 10.2 Å². The Balaban J connectivity index is 0.855. The number of rotatable bonds is 9. The summed E-state index contributed by atoms with van der Waals surface area (Å²) in [6, 6.07) is 15.4. The molecule has 2 aromatic heterocycles. The van der Waals surface area contributed by atoms with Gasteiger partial charge in [-0.25, -0.2) is 4.39 Å². The lowest BCUT2D eigenvalue weighted by atomic mass is 9.88. The normalized spacial score (nSPS) is 22.4. The number of piperazine rings is 1. The van der Waals surface area contributed by atoms with Crippen LogP contribution in [-0.2, 0) is 22.6 Å². The highest BCUT2D eigenvalue weighted by atomic mass is 19.1. The molecule has 3 aromatic carbocycles. The number of halogens is 1. The lowest BCUT2D eigenvalue weighted by Gasteiger charge is -2.34. The number of amides is 3. The monoisotopic (exact) mass is 798 g/mol. The molecule has 0 aliphatic carbocycles. The predicted octanol–water partition coefficient (Wildman–Crippen LogP) is 5.21. The first-order valence-corrected chi connectivity index (χ1v) is 21.0. The number of nitrogens with one attached hydrogen (secondary N) is 2. The number of nitrogens with zero attached hydrogens (tertiary/aromatic N) is 6. The summed E-state index contributed by atoms with van der Waals surface area (Å²) >= 11 is 0. The van der Waals surface area contributed by atoms with E-state index in [0.29, 0.717) is 66.4 Å². The molecule has 5 aliphatic rings. The number of aryl methyl sites for hydroxylation is 1. The summed E-state index contributed by atoms with van der Waals surface area (Å²) in [7, 11) is 0. The van der Waals surface area contributed by atoms with Gasteiger partial charge in [-0.1, -0.05) is 37.3 Å². The smallest absolute Gasteiger partial charge is 0.319 e. The number of piperidine rings is 2. The number of pyridine rings is 1. The molecule has 4 fully saturated rings. The number of phenolic OH excluding ortho intramolecular Hbond substituents is 1. The number of fused-ring (bicyclic) bond motifs is 5. The van der Waals surface area contributed by atoms with Gasteiger partial charge in [0.25, 0.3) is 5.91 Å². The average Bonchev–Trinajstić information content (AvgIpc) is 3.76. The molecule has 5 aliphatic heterocycles. The summed E-state index contributed by atoms with van der Waals surface area (Å²) in [6.07, 6.45) is 6.97. The number of hydrogen-bond donors (Lipinski definition) is 3. The standard InChI is InChI=1S/C45H47FN8O5/c1-2-25-4-3-5-28-18-32(55)20-34(38(25)28)40-39(46)41-35(21-47-40)42(53-23-30-8-9-31(24-53)48-30)51-45(50-41)59-17-16-52-14-12-26(13-15-52)27-6-7-29-22-54(44(58)33(29)19-27)36-10-11-37(56)49-43(36)57/h3-7,18-21,26,30-31,36,48,55H,2,8-17,22-24H2,1H3,(H,49,56,57). The predicted molar refractivity (Wildman–Crippen MR) is 220 cm³/mol. The Labute approximate surface area is 341 Å². The summed E-state index contributed by atoms with van der Waals surface area (Å²) in [5.74, 6) is -0.483. The fourth-order valence-electron chi connectivity index (χ4n) is 10.0. The topological polar surface area (TPSA) is 153 Å². The first-order chi connectivity index (χ1) is 28.7. The van der Waals surface area contributed by atoms with E-state index < -0.39 is 17.8 Å². The van der Waals surface area contributed by atoms with Crippen LogP contribution in [0.2, 0.25) is 0 Å². The van der Waals surface area contributed by atoms with Gasteiger partial charge in [0.05, 0.1) is 5.39 Å². The van der Waals surface area contributed by atoms with Crippen LogP contribution in [0.3, 0.4) is 0 Å². The van der Waals surface area contributed by atoms with E-state index in [2.05, 4.69) is 43.4 Å². The Morgan fingerprint density at radius 2 is 1.76 bits per heavy atom. The van der Waals surface area contributed by atoms with Crippen LogP contribution in [0, 0.1) is 5.82 Å². The maximum Gasteiger partial charge on any atom is 0.319 e. The van der Waals surface area contributed by atoms with E-state index >= 15 is 4.39 Å². The highest BCUT2D eigenvalue weighted by molar-refractivity contribution is 6.05. The van der Waals surface area contributed by atoms with E-state index in [9.17, 15) is 19.5 Å². The van der Waals surface area contributed by atoms with Gasteiger partial charge >= 0.3 is 6.01 Å². The third-order valence-electron chi connectivity index (χ3n) is 13.1. The Kier molecular flexibility index (Phi) is 9.63. The third kappa shape index (κ3) is 6.91. The van der Waals surface area contributed by atoms with Crippen molar-refractivity contribution < 1.29 is 28.6 Å². The van der Waals surface area contributed by atoms with Crippen LogP contribution in [-0.4, -0.2) is 105 Å². The van der Waals surface area contributed by atoms with Crippen molar-refractivity contribution in [2.24, 2.45) is 0 Å². The second-order valence-corrected chi connectivity index (χ2v) is 16.7. The molecule has 4 saturated heterocycles. The molecule has 2 bridgehead atoms. The number of hydrogen-bond acceptors (Lipinski definition) is 11. The van der Waals surface area contributed by atoms with Gasteiger partial charge in [0.2, 0.25) is 11.8 Å². The molecule has 3 amide bonds. The number of aromatic nitrogens is 3. The van der Waals surface area contributed by atoms with Gasteiger partial charge in [0.15, 0.2) is 5.82 Å². The lowest BCUT2D eigenvalue weighted by molar-refractivity contribution is -0.136. The molecule has 304 valence electrons. The van der Waals surface area contributed by atoms with Crippen LogP contribution in [0.25, 0.3) is 32.9 Å². The zero-order valence-electron chi connectivity index (χ0n) is 33.0. The van der Waals surface area contributed by atoms with Crippen molar-refractivity contribution in [1.82, 2.24) is 35.4 Å². The van der Waals surface area contributed by atoms with E-state index in [1.54, 1.807) is 23.2 Å². The maximum atomic E-state index is 17.0. The van der Waals surface area contributed by atoms with Crippen LogP contribution in [0.15, 0.2) is 54.7 Å². The average molecular weight is 799 g/mol. The molecule has 10 rings (SSSR count). The van der Waals surface area contributed by atoms with Crippen LogP contribution < -0.4 is 20.3 Å². The van der Waals surface area contributed by atoms with Crippen molar-refractivity contribution >= 4 is 45.2 Å². The van der Waals surface area contributed by atoms with Crippen LogP contribution in [0.5, 0.6) is 11.8 Å². The summed E-state index contributed by atoms with van der Waals surface area (Å²) in [5.41, 5.74) is 4.49. The molecule has 3 unspecified atom stereocenters. The van der Waals surface area contributed by atoms with Gasteiger partial charge in [-0.3, -0.25) is 29.6 Å². The molecule has 5 aromatic rings. The molecule has 3 N–H and O–H groups in total. The number of benzene rings is 3. The van der Waals surface area contributed by atoms with Gasteiger partial charge in [-0.15, -0.1) is 0 Å². The summed E-state index contributed by atoms with van der Waals surface area (Å²) in [5, 5.41) is 18.9. The summed E-state index contributed by atoms with van der Waals surface area (Å²) in [6.45, 7) is 6.57. The number of anilines is 1. The zero-order valence-corrected chi connectivity index (χ0v) is 33.0. The van der Waals surface area contributed by atoms with E-state index in [1.807, 2.05) is 30.3 Å². The second kappa shape index (κ2) is 15.1. The molecule has 3 atom stereocenters. The number of phenols is 1. The third-order valence-corrected chi connectivity index (χ3v) is 13.1. The Morgan fingerprint density at radius 1 is 0.949 bits per heavy atom. The van der Waals surface area contributed by atoms with Gasteiger partial charge in [-0.05, 0) is 103 Å². The molecule has 0 spiro atoms. The zero-order chi connectivity index (χ0) is 40.4. The Hall–Kier alpha value is -5.73. The second-order valence-electron chi connectivity index (χ2n) is 16.7. The van der Waals surface area contributed by atoms with Crippen molar-refractivity contribution in [3.63, 3.8) is 0 Å². The molecular formula is C45H47FN8O5. The van der Waals surface area contributed by atoms with Crippen molar-refractivity contribution in [2.45, 2.75) is 82.5 Å². The first kappa shape index (κ1) is 37.5. The number of carbonyl (C=O) groups is 3. The van der Waals surface area contributed by atoms with Gasteiger partial charge < -0.3 is 25.0 Å². The minimum Gasteiger partial charge on any atom is -0.508 e. The fourth-order valence-corrected chi connectivity index (χ4v) is 10.0. The van der Waals surface area contributed by atoms with Gasteiger partial charge in [0, 0.05) is 62.0 Å². The van der Waals surface area contributed by atoms with Crippen molar-refractivity contribution in [3.8, 4) is 23.0 Å². The van der Waals surface area contributed by atoms with Crippen molar-refractivity contribution in [3.05, 3.63) is 82.8 Å². The minimum absolute atomic E-state index is 0.0375. The van der Waals surface area contributed by atoms with E-state index in [-0.39, 0.29) is 41.2 Å². The quantitative estimate of drug-likeness (QED) is 0.169. The maximum absolute atomic E-state index is 17.0. The van der Waals surface area contributed by atoms with E-state index in [1.165, 1.54) is 0 Å². The fraction of sp³-hybridized carbons (Fsp3) is 0.422. The van der Waals surface area contributed by atoms with Gasteiger partial charge in [0.1, 0.15) is 35.4 Å². The highest BCUT2D eigenvalue weighted by Crippen LogP contribution is 2.39. The van der Waals surface area contributed by atoms with E-state index in [0.717, 1.165) is 85.7 Å². The van der Waals surface area contributed by atoms with Gasteiger partial charge in [-0.2, -0.15) is 9.97 Å². The number of likely N-dealkylation sites (tertiary alicyclic amines) is 1. The van der Waals surface area contributed by atoms with Crippen molar-refractivity contribution in [2.75, 3.05) is 44.2 Å². The Morgan fingerprint density at radius 3 is 2.54 bits per heavy atom. The minimum atomic E-state index is -0.627. The van der Waals surface area contributed by atoms with Crippen LogP contribution >= 0.6 is 0 Å². The molecule has 0 radical (unpaired) electrons. The molecule has 59 heavy (non-hydrogen) atoms. The Bertz CT molecular complexity index is 2510. The number of carbonyl (C=O) groups excluding carboxylic acids is 3. The molecular weight excluding hydrogens is 752 g/mol. The first-order valence-electron chi connectivity index (χ1n) is 21.0. The molecule has 13 nitrogen and oxygen atoms in total. The molecule has 7 heterocycles. The highest BCUT2D eigenvalue weighted by Gasteiger charge is 2.40. The largest absolute Gasteiger partial charge is 0.508 e. The summed E-state index contributed by atoms with van der Waals surface area (Å²) < 4.78 is 23.3. The summed E-state index contributed by atoms with van der Waals surface area (Å²) in [4.78, 5) is 58.0. The number of aromatic hydroxyl groups is 1. The van der Waals surface area contributed by atoms with Crippen molar-refractivity contribution in [1.29, 1.82) is 0 Å². The lowest BCUT2D eigenvalue weighted by Crippen LogP contribution is -2.52. The van der Waals surface area contributed by atoms with Crippen LogP contribution in [0.1, 0.15) is 78.4 Å². The molecule has 14 heteroatoms.